The maximum Gasteiger partial charge on any atom is 0.267 e. The molecule has 0 radical (unpaired) electrons. The highest BCUT2D eigenvalue weighted by Crippen LogP contribution is 2.11. The molecule has 0 spiro atoms. The first-order chi connectivity index (χ1) is 9.86. The molecule has 1 aromatic heterocycles. The maximum absolute atomic E-state index is 11.9. The summed E-state index contributed by atoms with van der Waals surface area (Å²) in [7, 11) is -2.20. The second-order valence-electron chi connectivity index (χ2n) is 4.79. The van der Waals surface area contributed by atoms with E-state index in [1.54, 1.807) is 7.05 Å². The third-order valence-electron chi connectivity index (χ3n) is 2.93. The molecule has 21 heavy (non-hydrogen) atoms. The van der Waals surface area contributed by atoms with Crippen LogP contribution in [0.2, 0.25) is 0 Å². The summed E-state index contributed by atoms with van der Waals surface area (Å²) >= 11 is 0. The number of carbonyl (C=O) groups excluding carboxylic acids is 1. The van der Waals surface area contributed by atoms with Gasteiger partial charge >= 0.3 is 0 Å². The van der Waals surface area contributed by atoms with E-state index in [1.165, 1.54) is 16.8 Å². The fourth-order valence-corrected chi connectivity index (χ4v) is 2.31. The van der Waals surface area contributed by atoms with E-state index in [4.69, 9.17) is 9.88 Å². The summed E-state index contributed by atoms with van der Waals surface area (Å²) in [5, 5.41) is 7.75. The second-order valence-corrected chi connectivity index (χ2v) is 6.35. The molecule has 0 fully saturated rings. The van der Waals surface area contributed by atoms with Gasteiger partial charge in [0.15, 0.2) is 0 Å². The molecule has 1 heterocycles. The van der Waals surface area contributed by atoms with Crippen LogP contribution in [0.4, 0.5) is 0 Å². The standard InChI is InChI=1S/C13H23N3O4S/c1-3-4-7-20-8-5-6-15-13(17)12-9-11(10-16(12)2)21(14,18)19/h9-10H,3-8H2,1-2H3,(H,15,17)(H2,14,18,19). The SMILES string of the molecule is CCCCOCCCNC(=O)c1cc(S(N)(=O)=O)cn1C. The number of nitrogens with one attached hydrogen (secondary N) is 1. The number of hydrogen-bond acceptors (Lipinski definition) is 4. The lowest BCUT2D eigenvalue weighted by Gasteiger charge is -2.06. The fourth-order valence-electron chi connectivity index (χ4n) is 1.73. The number of hydrogen-bond donors (Lipinski definition) is 2. The zero-order chi connectivity index (χ0) is 15.9. The number of amides is 1. The first-order valence-electron chi connectivity index (χ1n) is 6.91. The maximum atomic E-state index is 11.9. The summed E-state index contributed by atoms with van der Waals surface area (Å²) in [6, 6.07) is 1.27. The van der Waals surface area contributed by atoms with E-state index >= 15 is 0 Å². The van der Waals surface area contributed by atoms with Crippen molar-refractivity contribution in [2.24, 2.45) is 12.2 Å². The van der Waals surface area contributed by atoms with Crippen LogP contribution in [0.3, 0.4) is 0 Å². The van der Waals surface area contributed by atoms with E-state index in [0.29, 0.717) is 19.6 Å². The van der Waals surface area contributed by atoms with Crippen LogP contribution in [0.15, 0.2) is 17.2 Å². The quantitative estimate of drug-likeness (QED) is 0.651. The summed E-state index contributed by atoms with van der Waals surface area (Å²) < 4.78 is 29.3. The van der Waals surface area contributed by atoms with Crippen molar-refractivity contribution in [2.75, 3.05) is 19.8 Å². The van der Waals surface area contributed by atoms with Crippen molar-refractivity contribution in [1.82, 2.24) is 9.88 Å². The van der Waals surface area contributed by atoms with E-state index in [-0.39, 0.29) is 16.5 Å². The molecule has 0 aliphatic rings. The number of sulfonamides is 1. The molecule has 0 atom stereocenters. The molecule has 7 nitrogen and oxygen atoms in total. The van der Waals surface area contributed by atoms with Gasteiger partial charge in [-0.2, -0.15) is 0 Å². The highest BCUT2D eigenvalue weighted by atomic mass is 32.2. The lowest BCUT2D eigenvalue weighted by atomic mass is 10.3. The highest BCUT2D eigenvalue weighted by molar-refractivity contribution is 7.89. The highest BCUT2D eigenvalue weighted by Gasteiger charge is 2.16. The molecular weight excluding hydrogens is 294 g/mol. The summed E-state index contributed by atoms with van der Waals surface area (Å²) in [5.74, 6) is -0.332. The van der Waals surface area contributed by atoms with Gasteiger partial charge in [0.05, 0.1) is 0 Å². The minimum Gasteiger partial charge on any atom is -0.381 e. The number of unbranched alkanes of at least 4 members (excludes halogenated alkanes) is 1. The molecule has 120 valence electrons. The molecule has 1 amide bonds. The Balaban J connectivity index is 2.41. The number of nitrogens with zero attached hydrogens (tertiary/aromatic N) is 1. The summed E-state index contributed by atoms with van der Waals surface area (Å²) in [6.45, 7) is 3.90. The average Bonchev–Trinajstić information content (AvgIpc) is 2.79. The first-order valence-corrected chi connectivity index (χ1v) is 8.46. The summed E-state index contributed by atoms with van der Waals surface area (Å²) in [6.07, 6.45) is 4.16. The molecule has 0 bridgehead atoms. The zero-order valence-corrected chi connectivity index (χ0v) is 13.3. The molecule has 0 saturated heterocycles. The Morgan fingerprint density at radius 2 is 2.05 bits per heavy atom. The van der Waals surface area contributed by atoms with E-state index in [9.17, 15) is 13.2 Å². The smallest absolute Gasteiger partial charge is 0.267 e. The minimum atomic E-state index is -3.80. The van der Waals surface area contributed by atoms with Crippen LogP contribution in [0, 0.1) is 0 Å². The van der Waals surface area contributed by atoms with Crippen LogP contribution in [0.1, 0.15) is 36.7 Å². The fraction of sp³-hybridized carbons (Fsp3) is 0.615. The van der Waals surface area contributed by atoms with Gasteiger partial charge in [0.2, 0.25) is 10.0 Å². The van der Waals surface area contributed by atoms with Crippen molar-refractivity contribution < 1.29 is 17.9 Å². The summed E-state index contributed by atoms with van der Waals surface area (Å²) in [4.78, 5) is 11.9. The van der Waals surface area contributed by atoms with Crippen molar-refractivity contribution in [3.8, 4) is 0 Å². The third-order valence-corrected chi connectivity index (χ3v) is 3.81. The predicted molar refractivity (Wildman–Crippen MR) is 79.5 cm³/mol. The molecule has 0 aromatic carbocycles. The van der Waals surface area contributed by atoms with Crippen molar-refractivity contribution in [2.45, 2.75) is 31.1 Å². The number of aromatic nitrogens is 1. The average molecular weight is 317 g/mol. The van der Waals surface area contributed by atoms with Gasteiger partial charge in [-0.3, -0.25) is 4.79 Å². The Morgan fingerprint density at radius 1 is 1.38 bits per heavy atom. The van der Waals surface area contributed by atoms with Crippen molar-refractivity contribution >= 4 is 15.9 Å². The number of rotatable bonds is 9. The van der Waals surface area contributed by atoms with E-state index in [0.717, 1.165) is 19.4 Å². The monoisotopic (exact) mass is 317 g/mol. The lowest BCUT2D eigenvalue weighted by Crippen LogP contribution is -2.27. The van der Waals surface area contributed by atoms with E-state index in [2.05, 4.69) is 12.2 Å². The Hall–Kier alpha value is -1.38. The molecule has 8 heteroatoms. The van der Waals surface area contributed by atoms with Crippen molar-refractivity contribution in [1.29, 1.82) is 0 Å². The van der Waals surface area contributed by atoms with Crippen LogP contribution in [0.5, 0.6) is 0 Å². The van der Waals surface area contributed by atoms with Crippen LogP contribution >= 0.6 is 0 Å². The molecule has 0 aliphatic carbocycles. The van der Waals surface area contributed by atoms with Gasteiger partial charge in [0.25, 0.3) is 5.91 Å². The van der Waals surface area contributed by atoms with Crippen LogP contribution < -0.4 is 10.5 Å². The molecule has 1 aromatic rings. The van der Waals surface area contributed by atoms with Crippen molar-refractivity contribution in [3.63, 3.8) is 0 Å². The Kier molecular flexibility index (Phi) is 6.86. The van der Waals surface area contributed by atoms with E-state index < -0.39 is 10.0 Å². The molecule has 3 N–H and O–H groups in total. The van der Waals surface area contributed by atoms with Gasteiger partial charge in [-0.1, -0.05) is 13.3 Å². The Morgan fingerprint density at radius 3 is 2.62 bits per heavy atom. The number of carbonyl (C=O) groups is 1. The van der Waals surface area contributed by atoms with Crippen molar-refractivity contribution in [3.05, 3.63) is 18.0 Å². The predicted octanol–water partition coefficient (Wildman–Crippen LogP) is 0.609. The number of primary sulfonamides is 1. The molecule has 0 aliphatic heterocycles. The van der Waals surface area contributed by atoms with Crippen LogP contribution in [0.25, 0.3) is 0 Å². The van der Waals surface area contributed by atoms with Gasteiger partial charge < -0.3 is 14.6 Å². The molecule has 0 unspecified atom stereocenters. The van der Waals surface area contributed by atoms with Crippen LogP contribution in [-0.4, -0.2) is 38.7 Å². The first kappa shape index (κ1) is 17.7. The number of aryl methyl sites for hydroxylation is 1. The largest absolute Gasteiger partial charge is 0.381 e. The summed E-state index contributed by atoms with van der Waals surface area (Å²) in [5.41, 5.74) is 0.255. The Labute approximate surface area is 125 Å². The lowest BCUT2D eigenvalue weighted by molar-refractivity contribution is 0.0932. The topological polar surface area (TPSA) is 103 Å². The van der Waals surface area contributed by atoms with Gasteiger partial charge in [-0.25, -0.2) is 13.6 Å². The molecule has 0 saturated carbocycles. The Bertz CT molecular complexity index is 566. The third kappa shape index (κ3) is 5.86. The molecule has 1 rings (SSSR count). The van der Waals surface area contributed by atoms with E-state index in [1.807, 2.05) is 0 Å². The van der Waals surface area contributed by atoms with Gasteiger partial charge in [0.1, 0.15) is 10.6 Å². The minimum absolute atomic E-state index is 0.0713. The number of nitrogens with two attached hydrogens (primary N) is 1. The van der Waals surface area contributed by atoms with Gasteiger partial charge in [-0.05, 0) is 18.9 Å². The number of ether oxygens (including phenoxy) is 1. The van der Waals surface area contributed by atoms with Gasteiger partial charge in [0, 0.05) is 33.0 Å². The molecular formula is C13H23N3O4S. The normalized spacial score (nSPS) is 11.6. The van der Waals surface area contributed by atoms with Gasteiger partial charge in [-0.15, -0.1) is 0 Å². The van der Waals surface area contributed by atoms with Crippen LogP contribution in [-0.2, 0) is 21.8 Å². The zero-order valence-electron chi connectivity index (χ0n) is 12.5. The second kappa shape index (κ2) is 8.16.